The number of aryl methyl sites for hydroxylation is 1. The lowest BCUT2D eigenvalue weighted by molar-refractivity contribution is 0.00658. The highest BCUT2D eigenvalue weighted by Crippen LogP contribution is 2.39. The van der Waals surface area contributed by atoms with Crippen LogP contribution < -0.4 is 10.5 Å². The van der Waals surface area contributed by atoms with Gasteiger partial charge in [-0.25, -0.2) is 23.5 Å². The number of nitrogens with zero attached hydrogens (tertiary/aromatic N) is 2. The van der Waals surface area contributed by atoms with E-state index in [4.69, 9.17) is 9.88 Å². The van der Waals surface area contributed by atoms with Crippen LogP contribution in [0.3, 0.4) is 0 Å². The maximum atomic E-state index is 11.3. The number of sulfonamides is 1. The Balaban J connectivity index is 1.40. The highest BCUT2D eigenvalue weighted by atomic mass is 32.2. The SMILES string of the molecule is NS(=O)(=O)CC[C@H]1O[C@@H](c2c[nH]c3c(N[C@H]4CCc5ccccc54)ncnc23)[C@H](O)[C@@H]1O. The van der Waals surface area contributed by atoms with Gasteiger partial charge in [0.2, 0.25) is 10.0 Å². The average Bonchev–Trinajstić information content (AvgIpc) is 3.44. The summed E-state index contributed by atoms with van der Waals surface area (Å²) in [7, 11) is -3.70. The van der Waals surface area contributed by atoms with Gasteiger partial charge in [-0.3, -0.25) is 0 Å². The lowest BCUT2D eigenvalue weighted by Crippen LogP contribution is -2.32. The smallest absolute Gasteiger partial charge is 0.209 e. The van der Waals surface area contributed by atoms with E-state index in [9.17, 15) is 18.6 Å². The van der Waals surface area contributed by atoms with Gasteiger partial charge in [0.1, 0.15) is 30.2 Å². The molecule has 5 rings (SSSR count). The first-order chi connectivity index (χ1) is 15.3. The Morgan fingerprint density at radius 2 is 2.00 bits per heavy atom. The number of hydrogen-bond donors (Lipinski definition) is 5. The number of hydrogen-bond acceptors (Lipinski definition) is 8. The van der Waals surface area contributed by atoms with Crippen molar-refractivity contribution in [1.29, 1.82) is 0 Å². The molecule has 1 aliphatic heterocycles. The van der Waals surface area contributed by atoms with Crippen molar-refractivity contribution >= 4 is 26.9 Å². The third-order valence-electron chi connectivity index (χ3n) is 6.29. The lowest BCUT2D eigenvalue weighted by atomic mass is 10.0. The highest BCUT2D eigenvalue weighted by Gasteiger charge is 2.44. The Hall–Kier alpha value is -2.57. The molecule has 170 valence electrons. The van der Waals surface area contributed by atoms with Crippen molar-refractivity contribution in [2.45, 2.75) is 49.7 Å². The van der Waals surface area contributed by atoms with Crippen LogP contribution in [-0.2, 0) is 21.2 Å². The van der Waals surface area contributed by atoms with Crippen LogP contribution in [-0.4, -0.2) is 57.6 Å². The molecule has 0 saturated carbocycles. The molecule has 0 radical (unpaired) electrons. The number of ether oxygens (including phenoxy) is 1. The van der Waals surface area contributed by atoms with Gasteiger partial charge in [0.25, 0.3) is 0 Å². The Labute approximate surface area is 184 Å². The average molecular weight is 460 g/mol. The fourth-order valence-electron chi connectivity index (χ4n) is 4.68. The van der Waals surface area contributed by atoms with Crippen LogP contribution in [0.5, 0.6) is 0 Å². The quantitative estimate of drug-likeness (QED) is 0.363. The van der Waals surface area contributed by atoms with Crippen molar-refractivity contribution in [3.8, 4) is 0 Å². The highest BCUT2D eigenvalue weighted by molar-refractivity contribution is 7.89. The summed E-state index contributed by atoms with van der Waals surface area (Å²) in [6, 6.07) is 8.45. The second kappa shape index (κ2) is 8.09. The van der Waals surface area contributed by atoms with Gasteiger partial charge in [0.05, 0.1) is 23.4 Å². The summed E-state index contributed by atoms with van der Waals surface area (Å²) in [6.45, 7) is 0. The molecule has 10 nitrogen and oxygen atoms in total. The second-order valence-corrected chi connectivity index (χ2v) is 10.1. The third-order valence-corrected chi connectivity index (χ3v) is 7.10. The van der Waals surface area contributed by atoms with E-state index in [1.807, 2.05) is 12.1 Å². The number of aliphatic hydroxyl groups is 2. The Morgan fingerprint density at radius 1 is 1.19 bits per heavy atom. The first-order valence-corrected chi connectivity index (χ1v) is 12.2. The molecule has 0 amide bonds. The van der Waals surface area contributed by atoms with Crippen molar-refractivity contribution in [3.63, 3.8) is 0 Å². The summed E-state index contributed by atoms with van der Waals surface area (Å²) in [4.78, 5) is 11.9. The Morgan fingerprint density at radius 3 is 2.81 bits per heavy atom. The van der Waals surface area contributed by atoms with E-state index in [0.29, 0.717) is 22.4 Å². The number of rotatable bonds is 6. The molecular formula is C21H25N5O5S. The predicted molar refractivity (Wildman–Crippen MR) is 117 cm³/mol. The first-order valence-electron chi connectivity index (χ1n) is 10.5. The summed E-state index contributed by atoms with van der Waals surface area (Å²) < 4.78 is 28.4. The molecular weight excluding hydrogens is 434 g/mol. The maximum Gasteiger partial charge on any atom is 0.209 e. The summed E-state index contributed by atoms with van der Waals surface area (Å²) in [5.74, 6) is 0.294. The molecule has 5 atom stereocenters. The fraction of sp³-hybridized carbons (Fsp3) is 0.429. The molecule has 6 N–H and O–H groups in total. The van der Waals surface area contributed by atoms with E-state index in [0.717, 1.165) is 12.8 Å². The van der Waals surface area contributed by atoms with E-state index in [2.05, 4.69) is 32.4 Å². The zero-order valence-electron chi connectivity index (χ0n) is 17.2. The molecule has 2 aliphatic rings. The molecule has 3 heterocycles. The van der Waals surface area contributed by atoms with E-state index < -0.39 is 34.4 Å². The number of nitrogens with two attached hydrogens (primary N) is 1. The summed E-state index contributed by atoms with van der Waals surface area (Å²) in [5.41, 5.74) is 4.38. The van der Waals surface area contributed by atoms with E-state index >= 15 is 0 Å². The minimum absolute atomic E-state index is 0.0151. The van der Waals surface area contributed by atoms with Crippen LogP contribution >= 0.6 is 0 Å². The number of aromatic amines is 1. The first kappa shape index (κ1) is 21.3. The largest absolute Gasteiger partial charge is 0.388 e. The lowest BCUT2D eigenvalue weighted by Gasteiger charge is -2.16. The van der Waals surface area contributed by atoms with Gasteiger partial charge in [-0.1, -0.05) is 24.3 Å². The molecule has 2 aromatic heterocycles. The van der Waals surface area contributed by atoms with E-state index in [-0.39, 0.29) is 18.2 Å². The van der Waals surface area contributed by atoms with Crippen LogP contribution in [0.15, 0.2) is 36.8 Å². The van der Waals surface area contributed by atoms with E-state index in [1.165, 1.54) is 17.5 Å². The number of primary sulfonamides is 1. The van der Waals surface area contributed by atoms with Crippen molar-refractivity contribution in [2.24, 2.45) is 5.14 Å². The zero-order valence-corrected chi connectivity index (χ0v) is 18.0. The van der Waals surface area contributed by atoms with Crippen molar-refractivity contribution in [2.75, 3.05) is 11.1 Å². The van der Waals surface area contributed by atoms with Crippen LogP contribution in [0.1, 0.15) is 41.7 Å². The van der Waals surface area contributed by atoms with E-state index in [1.54, 1.807) is 6.20 Å². The minimum Gasteiger partial charge on any atom is -0.388 e. The molecule has 0 unspecified atom stereocenters. The van der Waals surface area contributed by atoms with Crippen LogP contribution in [0.25, 0.3) is 11.0 Å². The molecule has 1 aromatic carbocycles. The number of nitrogens with one attached hydrogen (secondary N) is 2. The normalized spacial score (nSPS) is 27.7. The number of anilines is 1. The topological polar surface area (TPSA) is 163 Å². The monoisotopic (exact) mass is 459 g/mol. The maximum absolute atomic E-state index is 11.3. The van der Waals surface area contributed by atoms with Gasteiger partial charge < -0.3 is 25.3 Å². The van der Waals surface area contributed by atoms with Crippen molar-refractivity contribution < 1.29 is 23.4 Å². The van der Waals surface area contributed by atoms with Crippen LogP contribution in [0.4, 0.5) is 5.82 Å². The standard InChI is InChI=1S/C21H25N5O5S/c22-32(29,30)8-7-15-18(27)19(28)20(31-15)13-9-23-17-16(13)24-10-25-21(17)26-14-6-5-11-3-1-2-4-12(11)14/h1-4,9-10,14-15,18-20,23,27-28H,5-8H2,(H2,22,29,30)(H,24,25,26)/t14-,15+,18+,19+,20-/m0/s1. The molecule has 1 fully saturated rings. The number of aliphatic hydroxyl groups excluding tert-OH is 2. The number of fused-ring (bicyclic) bond motifs is 2. The predicted octanol–water partition coefficient (Wildman–Crippen LogP) is 0.898. The summed E-state index contributed by atoms with van der Waals surface area (Å²) in [5, 5.41) is 29.5. The summed E-state index contributed by atoms with van der Waals surface area (Å²) >= 11 is 0. The number of aromatic nitrogens is 3. The van der Waals surface area contributed by atoms with Gasteiger partial charge in [-0.15, -0.1) is 0 Å². The zero-order chi connectivity index (χ0) is 22.5. The molecule has 3 aromatic rings. The summed E-state index contributed by atoms with van der Waals surface area (Å²) in [6.07, 6.45) is 0.882. The Kier molecular flexibility index (Phi) is 5.38. The van der Waals surface area contributed by atoms with Crippen LogP contribution in [0.2, 0.25) is 0 Å². The van der Waals surface area contributed by atoms with Crippen LogP contribution in [0, 0.1) is 0 Å². The fourth-order valence-corrected chi connectivity index (χ4v) is 5.24. The number of H-pyrrole nitrogens is 1. The third kappa shape index (κ3) is 3.86. The minimum atomic E-state index is -3.70. The molecule has 0 bridgehead atoms. The molecule has 0 spiro atoms. The van der Waals surface area contributed by atoms with Gasteiger partial charge in [-0.05, 0) is 30.4 Å². The molecule has 1 aliphatic carbocycles. The van der Waals surface area contributed by atoms with Crippen molar-refractivity contribution in [1.82, 2.24) is 15.0 Å². The molecule has 11 heteroatoms. The van der Waals surface area contributed by atoms with Gasteiger partial charge in [0.15, 0.2) is 5.82 Å². The van der Waals surface area contributed by atoms with Gasteiger partial charge >= 0.3 is 0 Å². The molecule has 1 saturated heterocycles. The number of benzene rings is 1. The second-order valence-electron chi connectivity index (χ2n) is 8.36. The molecule has 32 heavy (non-hydrogen) atoms. The van der Waals surface area contributed by atoms with Gasteiger partial charge in [0, 0.05) is 11.8 Å². The Bertz CT molecular complexity index is 1250. The van der Waals surface area contributed by atoms with Crippen molar-refractivity contribution in [3.05, 3.63) is 53.5 Å². The van der Waals surface area contributed by atoms with Gasteiger partial charge in [-0.2, -0.15) is 0 Å².